The molecule has 0 unspecified atom stereocenters. The number of carbonyl (C=O) groups excluding carboxylic acids is 1. The molecule has 0 aliphatic carbocycles. The first-order valence-electron chi connectivity index (χ1n) is 8.35. The van der Waals surface area contributed by atoms with Gasteiger partial charge in [0.1, 0.15) is 5.75 Å². The van der Waals surface area contributed by atoms with Gasteiger partial charge in [-0.1, -0.05) is 23.4 Å². The molecule has 0 fully saturated rings. The molecule has 0 radical (unpaired) electrons. The summed E-state index contributed by atoms with van der Waals surface area (Å²) >= 11 is 0. The number of pyridine rings is 1. The van der Waals surface area contributed by atoms with E-state index >= 15 is 0 Å². The molecular formula is C20H16N4O3. The van der Waals surface area contributed by atoms with Gasteiger partial charge in [0.25, 0.3) is 5.91 Å². The maximum Gasteiger partial charge on any atom is 0.255 e. The Morgan fingerprint density at radius 3 is 2.74 bits per heavy atom. The molecule has 0 saturated heterocycles. The number of hydrogen-bond donors (Lipinski definition) is 1. The van der Waals surface area contributed by atoms with Gasteiger partial charge < -0.3 is 14.6 Å². The predicted molar refractivity (Wildman–Crippen MR) is 99.5 cm³/mol. The number of fused-ring (bicyclic) bond motifs is 1. The third kappa shape index (κ3) is 3.92. The van der Waals surface area contributed by atoms with Crippen LogP contribution in [-0.4, -0.2) is 21.0 Å². The Morgan fingerprint density at radius 2 is 1.96 bits per heavy atom. The topological polar surface area (TPSA) is 90.1 Å². The molecule has 0 aliphatic rings. The Labute approximate surface area is 155 Å². The lowest BCUT2D eigenvalue weighted by molar-refractivity contribution is 0.102. The fourth-order valence-corrected chi connectivity index (χ4v) is 2.59. The van der Waals surface area contributed by atoms with Gasteiger partial charge in [0.15, 0.2) is 6.61 Å². The summed E-state index contributed by atoms with van der Waals surface area (Å²) in [5, 5.41) is 7.59. The van der Waals surface area contributed by atoms with E-state index in [1.807, 2.05) is 30.3 Å². The smallest absolute Gasteiger partial charge is 0.255 e. The molecule has 0 atom stereocenters. The highest BCUT2D eigenvalue weighted by Crippen LogP contribution is 2.18. The van der Waals surface area contributed by atoms with Crippen LogP contribution in [0.15, 0.2) is 65.3 Å². The molecule has 7 nitrogen and oxygen atoms in total. The quantitative estimate of drug-likeness (QED) is 0.583. The van der Waals surface area contributed by atoms with Gasteiger partial charge in [-0.15, -0.1) is 0 Å². The van der Waals surface area contributed by atoms with Gasteiger partial charge in [-0.2, -0.15) is 4.98 Å². The van der Waals surface area contributed by atoms with Crippen LogP contribution in [0.4, 0.5) is 5.69 Å². The fraction of sp³-hybridized carbons (Fsp3) is 0.100. The fourth-order valence-electron chi connectivity index (χ4n) is 2.59. The molecule has 0 spiro atoms. The van der Waals surface area contributed by atoms with Crippen molar-refractivity contribution in [1.82, 2.24) is 15.1 Å². The monoisotopic (exact) mass is 360 g/mol. The Hall–Kier alpha value is -3.74. The summed E-state index contributed by atoms with van der Waals surface area (Å²) in [6.07, 6.45) is 1.64. The average molecular weight is 360 g/mol. The van der Waals surface area contributed by atoms with Gasteiger partial charge in [0.2, 0.25) is 11.7 Å². The second-order valence-electron chi connectivity index (χ2n) is 5.91. The molecule has 2 aromatic carbocycles. The van der Waals surface area contributed by atoms with E-state index in [0.717, 1.165) is 10.9 Å². The number of aromatic nitrogens is 3. The van der Waals surface area contributed by atoms with Crippen LogP contribution in [0, 0.1) is 6.92 Å². The Bertz CT molecular complexity index is 1090. The Balaban J connectivity index is 1.40. The van der Waals surface area contributed by atoms with Crippen LogP contribution in [0.3, 0.4) is 0 Å². The van der Waals surface area contributed by atoms with E-state index in [2.05, 4.69) is 20.4 Å². The maximum atomic E-state index is 12.4. The molecule has 1 N–H and O–H groups in total. The minimum atomic E-state index is -0.215. The SMILES string of the molecule is Cc1nc(COc2ccc(C(=O)Nc3cnc4ccccc4c3)cc2)no1. The van der Waals surface area contributed by atoms with Crippen molar-refractivity contribution in [3.8, 4) is 5.75 Å². The first-order valence-corrected chi connectivity index (χ1v) is 8.35. The number of carbonyl (C=O) groups is 1. The lowest BCUT2D eigenvalue weighted by atomic mass is 10.2. The number of amides is 1. The van der Waals surface area contributed by atoms with Crippen molar-refractivity contribution in [3.63, 3.8) is 0 Å². The number of nitrogens with one attached hydrogen (secondary N) is 1. The molecule has 4 aromatic rings. The minimum Gasteiger partial charge on any atom is -0.485 e. The van der Waals surface area contributed by atoms with Crippen LogP contribution in [0.5, 0.6) is 5.75 Å². The zero-order valence-corrected chi connectivity index (χ0v) is 14.5. The summed E-state index contributed by atoms with van der Waals surface area (Å²) in [6.45, 7) is 1.92. The molecule has 0 bridgehead atoms. The Kier molecular flexibility index (Phi) is 4.49. The summed E-state index contributed by atoms with van der Waals surface area (Å²) < 4.78 is 10.5. The van der Waals surface area contributed by atoms with Crippen molar-refractivity contribution in [2.75, 3.05) is 5.32 Å². The number of nitrogens with zero attached hydrogens (tertiary/aromatic N) is 3. The predicted octanol–water partition coefficient (Wildman–Crippen LogP) is 3.76. The first-order chi connectivity index (χ1) is 13.2. The van der Waals surface area contributed by atoms with Crippen LogP contribution in [0.1, 0.15) is 22.1 Å². The number of aryl methyl sites for hydroxylation is 1. The summed E-state index contributed by atoms with van der Waals surface area (Å²) in [5.41, 5.74) is 2.05. The molecule has 2 heterocycles. The first kappa shape index (κ1) is 16.7. The molecular weight excluding hydrogens is 344 g/mol. The van der Waals surface area contributed by atoms with Crippen molar-refractivity contribution >= 4 is 22.5 Å². The summed E-state index contributed by atoms with van der Waals surface area (Å²) in [4.78, 5) is 20.8. The van der Waals surface area contributed by atoms with E-state index in [4.69, 9.17) is 9.26 Å². The van der Waals surface area contributed by atoms with Crippen molar-refractivity contribution in [2.24, 2.45) is 0 Å². The minimum absolute atomic E-state index is 0.200. The molecule has 0 saturated carbocycles. The lowest BCUT2D eigenvalue weighted by Gasteiger charge is -2.07. The van der Waals surface area contributed by atoms with E-state index < -0.39 is 0 Å². The molecule has 27 heavy (non-hydrogen) atoms. The summed E-state index contributed by atoms with van der Waals surface area (Å²) in [7, 11) is 0. The number of ether oxygens (including phenoxy) is 1. The summed E-state index contributed by atoms with van der Waals surface area (Å²) in [5.74, 6) is 1.36. The molecule has 2 aromatic heterocycles. The van der Waals surface area contributed by atoms with E-state index in [-0.39, 0.29) is 12.5 Å². The third-order valence-corrected chi connectivity index (χ3v) is 3.90. The Morgan fingerprint density at radius 1 is 1.15 bits per heavy atom. The molecule has 7 heteroatoms. The van der Waals surface area contributed by atoms with Crippen LogP contribution in [-0.2, 0) is 6.61 Å². The standard InChI is InChI=1S/C20H16N4O3/c1-13-22-19(24-27-13)12-26-17-8-6-14(7-9-17)20(25)23-16-10-15-4-2-3-5-18(15)21-11-16/h2-11H,12H2,1H3,(H,23,25). The maximum absolute atomic E-state index is 12.4. The average Bonchev–Trinajstić information content (AvgIpc) is 3.12. The molecule has 0 aliphatic heterocycles. The number of hydrogen-bond acceptors (Lipinski definition) is 6. The van der Waals surface area contributed by atoms with Crippen LogP contribution in [0.2, 0.25) is 0 Å². The third-order valence-electron chi connectivity index (χ3n) is 3.90. The van der Waals surface area contributed by atoms with Crippen molar-refractivity contribution in [2.45, 2.75) is 13.5 Å². The number of benzene rings is 2. The van der Waals surface area contributed by atoms with E-state index in [1.165, 1.54) is 0 Å². The van der Waals surface area contributed by atoms with E-state index in [1.54, 1.807) is 37.4 Å². The lowest BCUT2D eigenvalue weighted by Crippen LogP contribution is -2.12. The van der Waals surface area contributed by atoms with Gasteiger partial charge >= 0.3 is 0 Å². The van der Waals surface area contributed by atoms with E-state index in [0.29, 0.717) is 28.7 Å². The molecule has 134 valence electrons. The normalized spacial score (nSPS) is 10.7. The van der Waals surface area contributed by atoms with Crippen LogP contribution in [0.25, 0.3) is 10.9 Å². The van der Waals surface area contributed by atoms with Crippen molar-refractivity contribution < 1.29 is 14.1 Å². The molecule has 1 amide bonds. The number of anilines is 1. The molecule has 4 rings (SSSR count). The second-order valence-corrected chi connectivity index (χ2v) is 5.91. The van der Waals surface area contributed by atoms with E-state index in [9.17, 15) is 4.79 Å². The zero-order valence-electron chi connectivity index (χ0n) is 14.5. The number of para-hydroxylation sites is 1. The largest absolute Gasteiger partial charge is 0.485 e. The van der Waals surface area contributed by atoms with Crippen molar-refractivity contribution in [1.29, 1.82) is 0 Å². The highest BCUT2D eigenvalue weighted by atomic mass is 16.5. The highest BCUT2D eigenvalue weighted by molar-refractivity contribution is 6.04. The van der Waals surface area contributed by atoms with Gasteiger partial charge in [0, 0.05) is 17.9 Å². The van der Waals surface area contributed by atoms with Crippen molar-refractivity contribution in [3.05, 3.63) is 78.1 Å². The van der Waals surface area contributed by atoms with Gasteiger partial charge in [-0.25, -0.2) is 0 Å². The summed E-state index contributed by atoms with van der Waals surface area (Å²) in [6, 6.07) is 16.5. The second kappa shape index (κ2) is 7.25. The van der Waals surface area contributed by atoms with Crippen LogP contribution >= 0.6 is 0 Å². The van der Waals surface area contributed by atoms with Crippen LogP contribution < -0.4 is 10.1 Å². The van der Waals surface area contributed by atoms with Gasteiger partial charge in [-0.3, -0.25) is 9.78 Å². The van der Waals surface area contributed by atoms with Gasteiger partial charge in [0.05, 0.1) is 17.4 Å². The highest BCUT2D eigenvalue weighted by Gasteiger charge is 2.08. The van der Waals surface area contributed by atoms with Gasteiger partial charge in [-0.05, 0) is 36.4 Å². The number of rotatable bonds is 5. The zero-order chi connectivity index (χ0) is 18.6.